The third kappa shape index (κ3) is 3.41. The first-order valence-electron chi connectivity index (χ1n) is 8.62. The molecule has 0 saturated carbocycles. The van der Waals surface area contributed by atoms with Crippen molar-refractivity contribution < 1.29 is 5.11 Å². The van der Waals surface area contributed by atoms with E-state index in [2.05, 4.69) is 11.4 Å². The van der Waals surface area contributed by atoms with Gasteiger partial charge in [-0.2, -0.15) is 5.26 Å². The van der Waals surface area contributed by atoms with Gasteiger partial charge in [0.25, 0.3) is 0 Å². The van der Waals surface area contributed by atoms with Crippen molar-refractivity contribution in [3.63, 3.8) is 0 Å². The van der Waals surface area contributed by atoms with Crippen molar-refractivity contribution in [2.24, 2.45) is 0 Å². The first-order valence-corrected chi connectivity index (χ1v) is 8.62. The van der Waals surface area contributed by atoms with Crippen molar-refractivity contribution in [1.82, 2.24) is 0 Å². The maximum absolute atomic E-state index is 10.3. The van der Waals surface area contributed by atoms with Crippen molar-refractivity contribution in [1.29, 1.82) is 5.26 Å². The normalized spacial score (nSPS) is 14.0. The molecule has 3 aromatic carbocycles. The predicted octanol–water partition coefficient (Wildman–Crippen LogP) is 5.34. The van der Waals surface area contributed by atoms with Crippen LogP contribution in [0.25, 0.3) is 0 Å². The van der Waals surface area contributed by atoms with Crippen LogP contribution >= 0.6 is 0 Å². The lowest BCUT2D eigenvalue weighted by Gasteiger charge is -2.34. The third-order valence-corrected chi connectivity index (χ3v) is 4.77. The molecule has 0 aliphatic carbocycles. The maximum atomic E-state index is 10.3. The van der Waals surface area contributed by atoms with Crippen molar-refractivity contribution in [3.05, 3.63) is 95.6 Å². The van der Waals surface area contributed by atoms with Crippen LogP contribution in [0.15, 0.2) is 78.9 Å². The van der Waals surface area contributed by atoms with Gasteiger partial charge in [0.1, 0.15) is 11.2 Å². The second-order valence-corrected chi connectivity index (χ2v) is 6.69. The van der Waals surface area contributed by atoms with Crippen LogP contribution in [0.1, 0.15) is 29.7 Å². The van der Waals surface area contributed by atoms with Gasteiger partial charge in [-0.15, -0.1) is 0 Å². The average Bonchev–Trinajstić information content (AvgIpc) is 2.69. The van der Waals surface area contributed by atoms with Crippen molar-refractivity contribution in [2.75, 3.05) is 5.32 Å². The van der Waals surface area contributed by atoms with Gasteiger partial charge in [0.15, 0.2) is 0 Å². The zero-order valence-electron chi connectivity index (χ0n) is 15.0. The van der Waals surface area contributed by atoms with E-state index in [0.29, 0.717) is 5.69 Å². The molecule has 2 N–H and O–H groups in total. The molecular weight excluding hydrogens is 320 g/mol. The van der Waals surface area contributed by atoms with E-state index in [1.807, 2.05) is 86.6 Å². The van der Waals surface area contributed by atoms with Crippen LogP contribution < -0.4 is 5.32 Å². The van der Waals surface area contributed by atoms with Crippen LogP contribution in [-0.4, -0.2) is 5.11 Å². The second kappa shape index (κ2) is 7.33. The first-order chi connectivity index (χ1) is 12.5. The van der Waals surface area contributed by atoms with E-state index in [1.54, 1.807) is 6.07 Å². The number of nitriles is 1. The molecule has 3 heteroatoms. The molecule has 130 valence electrons. The highest BCUT2D eigenvalue weighted by atomic mass is 16.3. The minimum atomic E-state index is -0.821. The van der Waals surface area contributed by atoms with Crippen LogP contribution in [-0.2, 0) is 5.41 Å². The minimum absolute atomic E-state index is 0.171. The molecule has 0 unspecified atom stereocenters. The molecule has 3 aromatic rings. The van der Waals surface area contributed by atoms with E-state index in [9.17, 15) is 10.4 Å². The monoisotopic (exact) mass is 342 g/mol. The molecule has 0 spiro atoms. The molecule has 0 saturated heterocycles. The summed E-state index contributed by atoms with van der Waals surface area (Å²) in [5.41, 5.74) is 2.75. The number of phenols is 1. The van der Waals surface area contributed by atoms with E-state index in [4.69, 9.17) is 0 Å². The van der Waals surface area contributed by atoms with Gasteiger partial charge in [-0.05, 0) is 42.7 Å². The molecule has 0 aromatic heterocycles. The second-order valence-electron chi connectivity index (χ2n) is 6.69. The van der Waals surface area contributed by atoms with Gasteiger partial charge < -0.3 is 10.4 Å². The Kier molecular flexibility index (Phi) is 4.95. The Hall–Kier alpha value is -3.25. The molecule has 2 atom stereocenters. The minimum Gasteiger partial charge on any atom is -0.506 e. The Labute approximate surface area is 154 Å². The molecule has 0 amide bonds. The summed E-state index contributed by atoms with van der Waals surface area (Å²) in [6, 6.07) is 27.3. The fourth-order valence-corrected chi connectivity index (χ4v) is 3.21. The fraction of sp³-hybridized carbons (Fsp3) is 0.174. The average molecular weight is 342 g/mol. The van der Waals surface area contributed by atoms with E-state index in [-0.39, 0.29) is 11.8 Å². The number of phenolic OH excluding ortho intramolecular Hbond substituents is 1. The summed E-state index contributed by atoms with van der Waals surface area (Å²) in [5.74, 6) is 0.171. The molecule has 3 nitrogen and oxygen atoms in total. The number of aryl methyl sites for hydroxylation is 1. The highest BCUT2D eigenvalue weighted by Crippen LogP contribution is 2.40. The number of hydrogen-bond acceptors (Lipinski definition) is 3. The Balaban J connectivity index is 2.12. The van der Waals surface area contributed by atoms with Crippen LogP contribution in [0.5, 0.6) is 5.75 Å². The van der Waals surface area contributed by atoms with Crippen molar-refractivity contribution in [2.45, 2.75) is 25.3 Å². The van der Waals surface area contributed by atoms with E-state index in [0.717, 1.165) is 16.7 Å². The van der Waals surface area contributed by atoms with E-state index >= 15 is 0 Å². The Morgan fingerprint density at radius 3 is 2.19 bits per heavy atom. The summed E-state index contributed by atoms with van der Waals surface area (Å²) in [7, 11) is 0. The van der Waals surface area contributed by atoms with E-state index in [1.165, 1.54) is 0 Å². The number of benzene rings is 3. The number of hydrogen-bond donors (Lipinski definition) is 2. The van der Waals surface area contributed by atoms with Gasteiger partial charge in [-0.1, -0.05) is 66.7 Å². The standard InChI is InChI=1S/C23H22N2O/c1-17-13-14-21(26)20(15-17)25-22(18-9-5-3-6-10-18)23(2,16-24)19-11-7-4-8-12-19/h3-15,22,25-26H,1-2H3/t22-,23+/m1/s1. The highest BCUT2D eigenvalue weighted by Gasteiger charge is 2.37. The number of anilines is 1. The van der Waals surface area contributed by atoms with Gasteiger partial charge >= 0.3 is 0 Å². The lowest BCUT2D eigenvalue weighted by atomic mass is 9.74. The smallest absolute Gasteiger partial charge is 0.138 e. The summed E-state index contributed by atoms with van der Waals surface area (Å²) in [5, 5.41) is 23.8. The van der Waals surface area contributed by atoms with Crippen LogP contribution in [0.3, 0.4) is 0 Å². The third-order valence-electron chi connectivity index (χ3n) is 4.77. The molecule has 26 heavy (non-hydrogen) atoms. The lowest BCUT2D eigenvalue weighted by molar-refractivity contribution is 0.470. The Morgan fingerprint density at radius 2 is 1.58 bits per heavy atom. The summed E-state index contributed by atoms with van der Waals surface area (Å²) in [6.07, 6.45) is 0. The zero-order chi connectivity index (χ0) is 18.6. The van der Waals surface area contributed by atoms with Gasteiger partial charge in [-0.3, -0.25) is 0 Å². The first kappa shape index (κ1) is 17.6. The van der Waals surface area contributed by atoms with Crippen LogP contribution in [0, 0.1) is 18.3 Å². The van der Waals surface area contributed by atoms with Gasteiger partial charge in [-0.25, -0.2) is 0 Å². The number of nitrogens with zero attached hydrogens (tertiary/aromatic N) is 1. The summed E-state index contributed by atoms with van der Waals surface area (Å²) >= 11 is 0. The summed E-state index contributed by atoms with van der Waals surface area (Å²) < 4.78 is 0. The number of nitrogens with one attached hydrogen (secondary N) is 1. The Morgan fingerprint density at radius 1 is 0.962 bits per heavy atom. The van der Waals surface area contributed by atoms with Gasteiger partial charge in [0.2, 0.25) is 0 Å². The molecule has 0 bridgehead atoms. The van der Waals surface area contributed by atoms with Crippen molar-refractivity contribution in [3.8, 4) is 11.8 Å². The largest absolute Gasteiger partial charge is 0.506 e. The fourth-order valence-electron chi connectivity index (χ4n) is 3.21. The molecule has 0 aliphatic heterocycles. The number of rotatable bonds is 5. The van der Waals surface area contributed by atoms with Crippen molar-refractivity contribution >= 4 is 5.69 Å². The maximum Gasteiger partial charge on any atom is 0.138 e. The van der Waals surface area contributed by atoms with Gasteiger partial charge in [0.05, 0.1) is 17.8 Å². The molecule has 0 aliphatic rings. The molecular formula is C23H22N2O. The summed E-state index contributed by atoms with van der Waals surface area (Å²) in [4.78, 5) is 0. The Bertz CT molecular complexity index is 916. The molecule has 0 radical (unpaired) electrons. The molecule has 0 heterocycles. The number of aromatic hydroxyl groups is 1. The molecule has 3 rings (SSSR count). The predicted molar refractivity (Wildman–Crippen MR) is 105 cm³/mol. The molecule has 0 fully saturated rings. The van der Waals surface area contributed by atoms with E-state index < -0.39 is 5.41 Å². The van der Waals surface area contributed by atoms with Gasteiger partial charge in [0, 0.05) is 0 Å². The van der Waals surface area contributed by atoms with Crippen LogP contribution in [0.2, 0.25) is 0 Å². The SMILES string of the molecule is Cc1ccc(O)c(N[C@H](c2ccccc2)[C@@](C)(C#N)c2ccccc2)c1. The van der Waals surface area contributed by atoms with Crippen LogP contribution in [0.4, 0.5) is 5.69 Å². The quantitative estimate of drug-likeness (QED) is 0.616. The highest BCUT2D eigenvalue weighted by molar-refractivity contribution is 5.60. The summed E-state index contributed by atoms with van der Waals surface area (Å²) in [6.45, 7) is 3.91. The zero-order valence-corrected chi connectivity index (χ0v) is 15.0. The lowest BCUT2D eigenvalue weighted by Crippen LogP contribution is -2.34. The topological polar surface area (TPSA) is 56.0 Å².